The van der Waals surface area contributed by atoms with Gasteiger partial charge in [0.2, 0.25) is 0 Å². The van der Waals surface area contributed by atoms with Gasteiger partial charge in [0, 0.05) is 26.1 Å². The van der Waals surface area contributed by atoms with E-state index in [1.54, 1.807) is 0 Å². The summed E-state index contributed by atoms with van der Waals surface area (Å²) in [6.07, 6.45) is 1.50. The van der Waals surface area contributed by atoms with Crippen LogP contribution in [0.5, 0.6) is 0 Å². The van der Waals surface area contributed by atoms with Gasteiger partial charge in [-0.15, -0.1) is 0 Å². The molecule has 0 aliphatic carbocycles. The molecule has 1 saturated heterocycles. The van der Waals surface area contributed by atoms with Crippen molar-refractivity contribution in [1.29, 1.82) is 0 Å². The third-order valence-electron chi connectivity index (χ3n) is 4.64. The molecule has 0 bridgehead atoms. The molecule has 2 aromatic rings. The Balaban J connectivity index is 1.61. The minimum atomic E-state index is 0.209. The van der Waals surface area contributed by atoms with Crippen molar-refractivity contribution < 1.29 is 4.74 Å². The van der Waals surface area contributed by atoms with Gasteiger partial charge in [0.15, 0.2) is 0 Å². The summed E-state index contributed by atoms with van der Waals surface area (Å²) < 4.78 is 8.12. The maximum atomic E-state index is 5.94. The quantitative estimate of drug-likeness (QED) is 0.943. The second-order valence-electron chi connectivity index (χ2n) is 7.41. The highest BCUT2D eigenvalue weighted by Gasteiger charge is 2.36. The molecule has 1 N–H and O–H groups in total. The zero-order chi connectivity index (χ0) is 15.7. The van der Waals surface area contributed by atoms with Crippen LogP contribution in [0.4, 0.5) is 0 Å². The standard InChI is InChI=1S/C18H27N3O/c1-18(2,3)17-13(9-10-22-17)11-19-12-16-20-14-7-5-6-8-15(14)21(16)4/h5-8,13,17,19H,9-12H2,1-4H3/t13-,17+/m1/s1. The van der Waals surface area contributed by atoms with Crippen LogP contribution in [0, 0.1) is 11.3 Å². The summed E-state index contributed by atoms with van der Waals surface area (Å²) >= 11 is 0. The average molecular weight is 301 g/mol. The second-order valence-corrected chi connectivity index (χ2v) is 7.41. The number of hydrogen-bond donors (Lipinski definition) is 1. The van der Waals surface area contributed by atoms with E-state index in [0.717, 1.165) is 37.5 Å². The maximum absolute atomic E-state index is 5.94. The van der Waals surface area contributed by atoms with Crippen LogP contribution in [0.1, 0.15) is 33.0 Å². The highest BCUT2D eigenvalue weighted by molar-refractivity contribution is 5.75. The summed E-state index contributed by atoms with van der Waals surface area (Å²) in [7, 11) is 2.09. The number of imidazole rings is 1. The molecule has 2 atom stereocenters. The summed E-state index contributed by atoms with van der Waals surface area (Å²) in [6.45, 7) is 9.48. The van der Waals surface area contributed by atoms with Crippen LogP contribution < -0.4 is 5.32 Å². The number of aryl methyl sites for hydroxylation is 1. The van der Waals surface area contributed by atoms with Crippen LogP contribution >= 0.6 is 0 Å². The molecule has 1 aromatic carbocycles. The number of hydrogen-bond acceptors (Lipinski definition) is 3. The van der Waals surface area contributed by atoms with E-state index in [4.69, 9.17) is 9.72 Å². The van der Waals surface area contributed by atoms with Crippen LogP contribution in [0.3, 0.4) is 0 Å². The highest BCUT2D eigenvalue weighted by atomic mass is 16.5. The van der Waals surface area contributed by atoms with Crippen molar-refractivity contribution in [3.05, 3.63) is 30.1 Å². The zero-order valence-electron chi connectivity index (χ0n) is 14.1. The van der Waals surface area contributed by atoms with E-state index < -0.39 is 0 Å². The summed E-state index contributed by atoms with van der Waals surface area (Å²) in [5.74, 6) is 1.68. The fraction of sp³-hybridized carbons (Fsp3) is 0.611. The molecule has 0 amide bonds. The molecule has 0 unspecified atom stereocenters. The van der Waals surface area contributed by atoms with E-state index >= 15 is 0 Å². The first kappa shape index (κ1) is 15.5. The van der Waals surface area contributed by atoms with Crippen molar-refractivity contribution in [3.8, 4) is 0 Å². The van der Waals surface area contributed by atoms with Crippen LogP contribution in [-0.2, 0) is 18.3 Å². The molecule has 4 nitrogen and oxygen atoms in total. The Kier molecular flexibility index (Phi) is 4.24. The summed E-state index contributed by atoms with van der Waals surface area (Å²) in [6, 6.07) is 8.28. The van der Waals surface area contributed by atoms with Crippen molar-refractivity contribution in [2.75, 3.05) is 13.2 Å². The number of para-hydroxylation sites is 2. The van der Waals surface area contributed by atoms with Gasteiger partial charge in [-0.05, 0) is 24.0 Å². The number of nitrogens with zero attached hydrogens (tertiary/aromatic N) is 2. The molecule has 1 aromatic heterocycles. The van der Waals surface area contributed by atoms with Gasteiger partial charge in [-0.3, -0.25) is 0 Å². The molecule has 1 aliphatic rings. The molecule has 1 aliphatic heterocycles. The Hall–Kier alpha value is -1.39. The molecular weight excluding hydrogens is 274 g/mol. The predicted molar refractivity (Wildman–Crippen MR) is 89.7 cm³/mol. The smallest absolute Gasteiger partial charge is 0.123 e. The van der Waals surface area contributed by atoms with Crippen molar-refractivity contribution in [1.82, 2.24) is 14.9 Å². The molecule has 0 spiro atoms. The lowest BCUT2D eigenvalue weighted by Crippen LogP contribution is -2.37. The molecule has 3 rings (SSSR count). The van der Waals surface area contributed by atoms with E-state index in [1.165, 1.54) is 5.52 Å². The van der Waals surface area contributed by atoms with Gasteiger partial charge in [-0.2, -0.15) is 0 Å². The minimum Gasteiger partial charge on any atom is -0.377 e. The lowest BCUT2D eigenvalue weighted by Gasteiger charge is -2.31. The minimum absolute atomic E-state index is 0.209. The van der Waals surface area contributed by atoms with Crippen LogP contribution in [0.15, 0.2) is 24.3 Å². The van der Waals surface area contributed by atoms with Gasteiger partial charge in [0.1, 0.15) is 5.82 Å². The molecule has 0 saturated carbocycles. The van der Waals surface area contributed by atoms with E-state index in [1.807, 2.05) is 6.07 Å². The third-order valence-corrected chi connectivity index (χ3v) is 4.64. The van der Waals surface area contributed by atoms with Crippen molar-refractivity contribution >= 4 is 11.0 Å². The van der Waals surface area contributed by atoms with Crippen LogP contribution in [0.25, 0.3) is 11.0 Å². The van der Waals surface area contributed by atoms with Crippen LogP contribution in [0.2, 0.25) is 0 Å². The average Bonchev–Trinajstić information content (AvgIpc) is 3.05. The normalized spacial score (nSPS) is 22.5. The Morgan fingerprint density at radius 3 is 2.82 bits per heavy atom. The molecule has 22 heavy (non-hydrogen) atoms. The van der Waals surface area contributed by atoms with E-state index in [9.17, 15) is 0 Å². The van der Waals surface area contributed by atoms with E-state index in [2.05, 4.69) is 55.9 Å². The van der Waals surface area contributed by atoms with Gasteiger partial charge in [-0.25, -0.2) is 4.98 Å². The fourth-order valence-corrected chi connectivity index (χ4v) is 3.52. The Morgan fingerprint density at radius 2 is 2.09 bits per heavy atom. The van der Waals surface area contributed by atoms with E-state index in [0.29, 0.717) is 12.0 Å². The predicted octanol–water partition coefficient (Wildman–Crippen LogP) is 3.11. The number of fused-ring (bicyclic) bond motifs is 1. The van der Waals surface area contributed by atoms with Crippen molar-refractivity contribution in [2.45, 2.75) is 39.8 Å². The van der Waals surface area contributed by atoms with Gasteiger partial charge in [0.25, 0.3) is 0 Å². The Morgan fingerprint density at radius 1 is 1.32 bits per heavy atom. The van der Waals surface area contributed by atoms with Gasteiger partial charge >= 0.3 is 0 Å². The van der Waals surface area contributed by atoms with Gasteiger partial charge < -0.3 is 14.6 Å². The molecule has 2 heterocycles. The molecule has 120 valence electrons. The molecule has 0 radical (unpaired) electrons. The SMILES string of the molecule is Cn1c(CNC[C@H]2CCO[C@@H]2C(C)(C)C)nc2ccccc21. The zero-order valence-corrected chi connectivity index (χ0v) is 14.1. The van der Waals surface area contributed by atoms with Crippen LogP contribution in [-0.4, -0.2) is 28.8 Å². The molecule has 4 heteroatoms. The second kappa shape index (κ2) is 6.01. The Bertz CT molecular complexity index is 641. The summed E-state index contributed by atoms with van der Waals surface area (Å²) in [4.78, 5) is 4.71. The monoisotopic (exact) mass is 301 g/mol. The van der Waals surface area contributed by atoms with Crippen molar-refractivity contribution in [3.63, 3.8) is 0 Å². The number of ether oxygens (including phenoxy) is 1. The largest absolute Gasteiger partial charge is 0.377 e. The lowest BCUT2D eigenvalue weighted by molar-refractivity contribution is 0.00717. The number of rotatable bonds is 4. The van der Waals surface area contributed by atoms with Gasteiger partial charge in [0.05, 0.1) is 23.7 Å². The first-order chi connectivity index (χ1) is 10.5. The number of benzene rings is 1. The van der Waals surface area contributed by atoms with Crippen molar-refractivity contribution in [2.24, 2.45) is 18.4 Å². The topological polar surface area (TPSA) is 39.1 Å². The Labute approximate surface area is 132 Å². The van der Waals surface area contributed by atoms with E-state index in [-0.39, 0.29) is 5.41 Å². The highest BCUT2D eigenvalue weighted by Crippen LogP contribution is 2.34. The third kappa shape index (κ3) is 3.03. The first-order valence-corrected chi connectivity index (χ1v) is 8.19. The maximum Gasteiger partial charge on any atom is 0.123 e. The fourth-order valence-electron chi connectivity index (χ4n) is 3.52. The summed E-state index contributed by atoms with van der Waals surface area (Å²) in [5.41, 5.74) is 2.47. The molecule has 1 fully saturated rings. The number of nitrogens with one attached hydrogen (secondary N) is 1. The number of aromatic nitrogens is 2. The first-order valence-electron chi connectivity index (χ1n) is 8.19. The summed E-state index contributed by atoms with van der Waals surface area (Å²) in [5, 5.41) is 3.58. The van der Waals surface area contributed by atoms with Gasteiger partial charge in [-0.1, -0.05) is 32.9 Å². The lowest BCUT2D eigenvalue weighted by atomic mass is 9.81. The molecular formula is C18H27N3O.